The molecule has 0 radical (unpaired) electrons. The van der Waals surface area contributed by atoms with Crippen molar-refractivity contribution in [2.75, 3.05) is 25.0 Å². The Morgan fingerprint density at radius 1 is 1.09 bits per heavy atom. The van der Waals surface area contributed by atoms with Gasteiger partial charge in [-0.25, -0.2) is 0 Å². The summed E-state index contributed by atoms with van der Waals surface area (Å²) in [4.78, 5) is 16.8. The number of nitrogens with zero attached hydrogens (tertiary/aromatic N) is 2. The fourth-order valence-corrected chi connectivity index (χ4v) is 3.00. The van der Waals surface area contributed by atoms with E-state index in [2.05, 4.69) is 18.0 Å². The van der Waals surface area contributed by atoms with Gasteiger partial charge in [0.05, 0.1) is 12.5 Å². The third-order valence-electron chi connectivity index (χ3n) is 4.28. The molecule has 1 heterocycles. The molecule has 4 heteroatoms. The van der Waals surface area contributed by atoms with Gasteiger partial charge in [0.25, 0.3) is 0 Å². The molecule has 0 fully saturated rings. The minimum absolute atomic E-state index is 0.0379. The molecule has 4 nitrogen and oxygen atoms in total. The van der Waals surface area contributed by atoms with Gasteiger partial charge in [0, 0.05) is 25.3 Å². The number of carbonyl (C=O) groups excluding carboxylic acids is 1. The van der Waals surface area contributed by atoms with Crippen LogP contribution in [0.15, 0.2) is 54.6 Å². The van der Waals surface area contributed by atoms with Crippen molar-refractivity contribution in [1.29, 1.82) is 0 Å². The Labute approximate surface area is 137 Å². The van der Waals surface area contributed by atoms with E-state index in [4.69, 9.17) is 0 Å². The maximum atomic E-state index is 12.8. The van der Waals surface area contributed by atoms with Crippen LogP contribution < -0.4 is 4.90 Å². The lowest BCUT2D eigenvalue weighted by Crippen LogP contribution is -2.35. The largest absolute Gasteiger partial charge is 0.388 e. The van der Waals surface area contributed by atoms with Gasteiger partial charge in [-0.2, -0.15) is 0 Å². The van der Waals surface area contributed by atoms with Gasteiger partial charge >= 0.3 is 0 Å². The lowest BCUT2D eigenvalue weighted by Gasteiger charge is -2.24. The van der Waals surface area contributed by atoms with Crippen molar-refractivity contribution in [2.45, 2.75) is 19.1 Å². The van der Waals surface area contributed by atoms with Crippen molar-refractivity contribution in [3.63, 3.8) is 0 Å². The molecule has 120 valence electrons. The van der Waals surface area contributed by atoms with Crippen LogP contribution in [0.25, 0.3) is 0 Å². The van der Waals surface area contributed by atoms with E-state index < -0.39 is 6.10 Å². The number of likely N-dealkylation sites (N-methyl/N-ethyl adjacent to an activating group) is 1. The number of fused-ring (bicyclic) bond motifs is 1. The maximum Gasteiger partial charge on any atom is 0.229 e. The summed E-state index contributed by atoms with van der Waals surface area (Å²) in [6.45, 7) is 2.30. The van der Waals surface area contributed by atoms with Crippen molar-refractivity contribution in [1.82, 2.24) is 4.90 Å². The van der Waals surface area contributed by atoms with E-state index in [1.54, 1.807) is 0 Å². The second-order valence-corrected chi connectivity index (χ2v) is 6.04. The Balaban J connectivity index is 1.79. The van der Waals surface area contributed by atoms with Crippen molar-refractivity contribution < 1.29 is 9.90 Å². The van der Waals surface area contributed by atoms with E-state index in [1.807, 2.05) is 53.4 Å². The number of hydrogen-bond donors (Lipinski definition) is 1. The molecule has 1 unspecified atom stereocenters. The zero-order valence-electron chi connectivity index (χ0n) is 13.4. The van der Waals surface area contributed by atoms with Gasteiger partial charge in [0.15, 0.2) is 0 Å². The van der Waals surface area contributed by atoms with E-state index in [0.717, 1.165) is 29.9 Å². The summed E-state index contributed by atoms with van der Waals surface area (Å²) in [6, 6.07) is 17.4. The van der Waals surface area contributed by atoms with Crippen LogP contribution in [-0.4, -0.2) is 36.1 Å². The van der Waals surface area contributed by atoms with Gasteiger partial charge < -0.3 is 14.9 Å². The highest BCUT2D eigenvalue weighted by molar-refractivity contribution is 5.94. The molecule has 23 heavy (non-hydrogen) atoms. The molecular formula is C19H22N2O2. The second kappa shape index (κ2) is 6.94. The van der Waals surface area contributed by atoms with Crippen LogP contribution in [0.2, 0.25) is 0 Å². The minimum atomic E-state index is -0.767. The Morgan fingerprint density at radius 2 is 1.78 bits per heavy atom. The zero-order chi connectivity index (χ0) is 16.2. The third-order valence-corrected chi connectivity index (χ3v) is 4.28. The predicted molar refractivity (Wildman–Crippen MR) is 91.1 cm³/mol. The first-order valence-corrected chi connectivity index (χ1v) is 7.95. The molecule has 0 aromatic heterocycles. The summed E-state index contributed by atoms with van der Waals surface area (Å²) in [7, 11) is 2.06. The Kier molecular flexibility index (Phi) is 4.74. The van der Waals surface area contributed by atoms with Crippen LogP contribution in [0.1, 0.15) is 23.7 Å². The van der Waals surface area contributed by atoms with E-state index in [1.165, 1.54) is 0 Å². The predicted octanol–water partition coefficient (Wildman–Crippen LogP) is 2.59. The second-order valence-electron chi connectivity index (χ2n) is 6.04. The number of benzene rings is 2. The van der Waals surface area contributed by atoms with Crippen LogP contribution in [0, 0.1) is 0 Å². The molecule has 2 aromatic rings. The molecule has 1 aliphatic rings. The first-order chi connectivity index (χ1) is 11.1. The smallest absolute Gasteiger partial charge is 0.229 e. The number of amides is 1. The lowest BCUT2D eigenvalue weighted by molar-refractivity contribution is -0.120. The monoisotopic (exact) mass is 310 g/mol. The maximum absolute atomic E-state index is 12.8. The molecule has 0 bridgehead atoms. The number of carbonyl (C=O) groups is 1. The fourth-order valence-electron chi connectivity index (χ4n) is 3.00. The van der Waals surface area contributed by atoms with Gasteiger partial charge in [-0.05, 0) is 24.2 Å². The molecule has 3 rings (SSSR count). The highest BCUT2D eigenvalue weighted by Gasteiger charge is 2.24. The van der Waals surface area contributed by atoms with E-state index >= 15 is 0 Å². The highest BCUT2D eigenvalue weighted by Crippen LogP contribution is 2.26. The summed E-state index contributed by atoms with van der Waals surface area (Å²) in [5.41, 5.74) is 2.89. The molecule has 1 aliphatic heterocycles. The average molecular weight is 310 g/mol. The molecule has 2 aromatic carbocycles. The van der Waals surface area contributed by atoms with E-state index in [0.29, 0.717) is 6.54 Å². The number of anilines is 1. The van der Waals surface area contributed by atoms with Crippen LogP contribution in [0.3, 0.4) is 0 Å². The standard InChI is InChI=1S/C19H22N2O2/c1-20-11-12-21(17-10-6-5-9-16(17)14-20)19(23)13-18(22)15-7-3-2-4-8-15/h2-10,18,22H,11-14H2,1H3. The average Bonchev–Trinajstić information content (AvgIpc) is 2.73. The van der Waals surface area contributed by atoms with Crippen molar-refractivity contribution in [2.24, 2.45) is 0 Å². The number of aliphatic hydroxyl groups is 1. The van der Waals surface area contributed by atoms with Gasteiger partial charge in [0.1, 0.15) is 0 Å². The summed E-state index contributed by atoms with van der Waals surface area (Å²) in [5, 5.41) is 10.3. The topological polar surface area (TPSA) is 43.8 Å². The molecule has 0 saturated heterocycles. The minimum Gasteiger partial charge on any atom is -0.388 e. The normalized spacial score (nSPS) is 16.5. The molecule has 1 atom stereocenters. The molecule has 1 amide bonds. The summed E-state index contributed by atoms with van der Waals surface area (Å²) < 4.78 is 0. The number of hydrogen-bond acceptors (Lipinski definition) is 3. The van der Waals surface area contributed by atoms with E-state index in [-0.39, 0.29) is 12.3 Å². The van der Waals surface area contributed by atoms with Crippen LogP contribution in [-0.2, 0) is 11.3 Å². The quantitative estimate of drug-likeness (QED) is 0.947. The van der Waals surface area contributed by atoms with Gasteiger partial charge in [-0.15, -0.1) is 0 Å². The first-order valence-electron chi connectivity index (χ1n) is 7.95. The zero-order valence-corrected chi connectivity index (χ0v) is 13.4. The van der Waals surface area contributed by atoms with Crippen LogP contribution in [0.4, 0.5) is 5.69 Å². The van der Waals surface area contributed by atoms with Crippen LogP contribution in [0.5, 0.6) is 0 Å². The van der Waals surface area contributed by atoms with Gasteiger partial charge in [-0.3, -0.25) is 4.79 Å². The molecule has 0 saturated carbocycles. The Morgan fingerprint density at radius 3 is 2.57 bits per heavy atom. The van der Waals surface area contributed by atoms with Crippen molar-refractivity contribution in [3.8, 4) is 0 Å². The van der Waals surface area contributed by atoms with E-state index in [9.17, 15) is 9.90 Å². The third kappa shape index (κ3) is 3.60. The number of rotatable bonds is 3. The lowest BCUT2D eigenvalue weighted by atomic mass is 10.1. The summed E-state index contributed by atoms with van der Waals surface area (Å²) in [6.07, 6.45) is -0.668. The first kappa shape index (κ1) is 15.7. The van der Waals surface area contributed by atoms with Crippen molar-refractivity contribution in [3.05, 3.63) is 65.7 Å². The Hall–Kier alpha value is -2.17. The van der Waals surface area contributed by atoms with Crippen molar-refractivity contribution >= 4 is 11.6 Å². The SMILES string of the molecule is CN1CCN(C(=O)CC(O)c2ccccc2)c2ccccc2C1. The molecule has 1 N–H and O–H groups in total. The molecule has 0 aliphatic carbocycles. The van der Waals surface area contributed by atoms with Gasteiger partial charge in [-0.1, -0.05) is 48.5 Å². The number of para-hydroxylation sites is 1. The Bertz CT molecular complexity index is 672. The van der Waals surface area contributed by atoms with Gasteiger partial charge in [0.2, 0.25) is 5.91 Å². The molecule has 0 spiro atoms. The fraction of sp³-hybridized carbons (Fsp3) is 0.316. The van der Waals surface area contributed by atoms with Crippen LogP contribution >= 0.6 is 0 Å². The summed E-state index contributed by atoms with van der Waals surface area (Å²) in [5.74, 6) is -0.0379. The number of aliphatic hydroxyl groups excluding tert-OH is 1. The molecular weight excluding hydrogens is 288 g/mol. The highest BCUT2D eigenvalue weighted by atomic mass is 16.3. The summed E-state index contributed by atoms with van der Waals surface area (Å²) >= 11 is 0.